The van der Waals surface area contributed by atoms with Gasteiger partial charge in [0.25, 0.3) is 5.91 Å². The maximum absolute atomic E-state index is 12.5. The highest BCUT2D eigenvalue weighted by Gasteiger charge is 2.23. The molecule has 0 bridgehead atoms. The van der Waals surface area contributed by atoms with Gasteiger partial charge in [-0.15, -0.1) is 5.10 Å². The number of aryl methyl sites for hydroxylation is 2. The lowest BCUT2D eigenvalue weighted by atomic mass is 10.0. The number of amides is 1. The summed E-state index contributed by atoms with van der Waals surface area (Å²) in [6.45, 7) is 1.78. The molecule has 8 nitrogen and oxygen atoms in total. The molecule has 25 heavy (non-hydrogen) atoms. The average Bonchev–Trinajstić information content (AvgIpc) is 3.21. The van der Waals surface area contributed by atoms with Crippen molar-refractivity contribution in [1.82, 2.24) is 29.9 Å². The zero-order chi connectivity index (χ0) is 17.4. The molecule has 0 spiro atoms. The van der Waals surface area contributed by atoms with Gasteiger partial charge in [-0.05, 0) is 31.0 Å². The minimum absolute atomic E-state index is 0.0528. The van der Waals surface area contributed by atoms with E-state index in [1.165, 1.54) is 0 Å². The lowest BCUT2D eigenvalue weighted by Crippen LogP contribution is -2.45. The van der Waals surface area contributed by atoms with Gasteiger partial charge in [-0.25, -0.2) is 9.67 Å². The Morgan fingerprint density at radius 2 is 2.04 bits per heavy atom. The van der Waals surface area contributed by atoms with Crippen molar-refractivity contribution in [3.8, 4) is 0 Å². The van der Waals surface area contributed by atoms with Crippen LogP contribution in [0.15, 0.2) is 30.6 Å². The van der Waals surface area contributed by atoms with Crippen LogP contribution in [0.5, 0.6) is 0 Å². The van der Waals surface area contributed by atoms with E-state index in [4.69, 9.17) is 0 Å². The second-order valence-electron chi connectivity index (χ2n) is 6.49. The zero-order valence-corrected chi connectivity index (χ0v) is 14.4. The van der Waals surface area contributed by atoms with Crippen LogP contribution in [0.3, 0.4) is 0 Å². The van der Waals surface area contributed by atoms with E-state index in [2.05, 4.69) is 25.5 Å². The molecule has 130 valence electrons. The second-order valence-corrected chi connectivity index (χ2v) is 6.49. The first kappa shape index (κ1) is 15.6. The Hall–Kier alpha value is -2.90. The van der Waals surface area contributed by atoms with Crippen molar-refractivity contribution in [2.45, 2.75) is 18.9 Å². The first-order chi connectivity index (χ1) is 12.1. The number of nitrogens with zero attached hydrogens (tertiary/aromatic N) is 6. The summed E-state index contributed by atoms with van der Waals surface area (Å²) in [6, 6.07) is 5.68. The van der Waals surface area contributed by atoms with Gasteiger partial charge in [0, 0.05) is 51.2 Å². The maximum Gasteiger partial charge on any atom is 0.251 e. The van der Waals surface area contributed by atoms with Crippen LogP contribution in [0.25, 0.3) is 11.0 Å². The van der Waals surface area contributed by atoms with E-state index < -0.39 is 0 Å². The summed E-state index contributed by atoms with van der Waals surface area (Å²) in [4.78, 5) is 19.2. The average molecular weight is 339 g/mol. The lowest BCUT2D eigenvalue weighted by molar-refractivity contribution is 0.0931. The number of hydrogen-bond donors (Lipinski definition) is 1. The second kappa shape index (κ2) is 6.19. The standard InChI is InChI=1S/C17H21N7O/c1-22-10-7-18-17(22)24-8-5-13(6-9-24)19-16(25)12-3-4-15-14(11-12)20-21-23(15)2/h3-4,7,10-11,13H,5-6,8-9H2,1-2H3,(H,19,25). The first-order valence-electron chi connectivity index (χ1n) is 8.44. The van der Waals surface area contributed by atoms with Crippen molar-refractivity contribution in [2.75, 3.05) is 18.0 Å². The molecule has 1 aliphatic rings. The monoisotopic (exact) mass is 339 g/mol. The van der Waals surface area contributed by atoms with Crippen molar-refractivity contribution >= 4 is 22.9 Å². The summed E-state index contributed by atoms with van der Waals surface area (Å²) in [7, 11) is 3.84. The van der Waals surface area contributed by atoms with Crippen LogP contribution in [0, 0.1) is 0 Å². The number of piperidine rings is 1. The van der Waals surface area contributed by atoms with Crippen molar-refractivity contribution in [3.63, 3.8) is 0 Å². The Kier molecular flexibility index (Phi) is 3.87. The number of hydrogen-bond acceptors (Lipinski definition) is 5. The smallest absolute Gasteiger partial charge is 0.251 e. The van der Waals surface area contributed by atoms with E-state index in [9.17, 15) is 4.79 Å². The Morgan fingerprint density at radius 1 is 1.24 bits per heavy atom. The van der Waals surface area contributed by atoms with Gasteiger partial charge in [0.05, 0.1) is 5.52 Å². The van der Waals surface area contributed by atoms with Crippen molar-refractivity contribution < 1.29 is 4.79 Å². The Labute approximate surface area is 145 Å². The van der Waals surface area contributed by atoms with E-state index in [1.807, 2.05) is 43.2 Å². The van der Waals surface area contributed by atoms with Crippen LogP contribution in [0.4, 0.5) is 5.95 Å². The fraction of sp³-hybridized carbons (Fsp3) is 0.412. The number of carbonyl (C=O) groups excluding carboxylic acids is 1. The molecule has 1 amide bonds. The number of anilines is 1. The topological polar surface area (TPSA) is 80.9 Å². The molecule has 4 rings (SSSR count). The van der Waals surface area contributed by atoms with E-state index in [1.54, 1.807) is 10.7 Å². The third-order valence-electron chi connectivity index (χ3n) is 4.78. The number of aromatic nitrogens is 5. The highest BCUT2D eigenvalue weighted by molar-refractivity contribution is 5.97. The van der Waals surface area contributed by atoms with Gasteiger partial charge >= 0.3 is 0 Å². The Bertz CT molecular complexity index is 905. The van der Waals surface area contributed by atoms with E-state index >= 15 is 0 Å². The highest BCUT2D eigenvalue weighted by Crippen LogP contribution is 2.18. The highest BCUT2D eigenvalue weighted by atomic mass is 16.1. The molecule has 0 unspecified atom stereocenters. The quantitative estimate of drug-likeness (QED) is 0.773. The largest absolute Gasteiger partial charge is 0.349 e. The molecule has 2 aromatic heterocycles. The van der Waals surface area contributed by atoms with Gasteiger partial charge in [0.1, 0.15) is 5.52 Å². The molecule has 1 saturated heterocycles. The summed E-state index contributed by atoms with van der Waals surface area (Å²) in [6.07, 6.45) is 5.58. The number of benzene rings is 1. The minimum Gasteiger partial charge on any atom is -0.349 e. The molecule has 1 aromatic carbocycles. The lowest BCUT2D eigenvalue weighted by Gasteiger charge is -2.33. The van der Waals surface area contributed by atoms with Gasteiger partial charge in [0.2, 0.25) is 5.95 Å². The van der Waals surface area contributed by atoms with Crippen molar-refractivity contribution in [2.24, 2.45) is 14.1 Å². The Morgan fingerprint density at radius 3 is 2.76 bits per heavy atom. The van der Waals surface area contributed by atoms with Gasteiger partial charge < -0.3 is 14.8 Å². The number of rotatable bonds is 3. The van der Waals surface area contributed by atoms with E-state index in [-0.39, 0.29) is 11.9 Å². The molecule has 1 N–H and O–H groups in total. The fourth-order valence-electron chi connectivity index (χ4n) is 3.34. The number of imidazole rings is 1. The molecule has 3 aromatic rings. The normalized spacial score (nSPS) is 15.7. The van der Waals surface area contributed by atoms with E-state index in [0.717, 1.165) is 42.9 Å². The van der Waals surface area contributed by atoms with E-state index in [0.29, 0.717) is 5.56 Å². The zero-order valence-electron chi connectivity index (χ0n) is 14.4. The summed E-state index contributed by atoms with van der Waals surface area (Å²) in [5.74, 6) is 0.931. The van der Waals surface area contributed by atoms with Crippen molar-refractivity contribution in [1.29, 1.82) is 0 Å². The molecule has 1 fully saturated rings. The van der Waals surface area contributed by atoms with Gasteiger partial charge in [0.15, 0.2) is 0 Å². The molecule has 8 heteroatoms. The predicted octanol–water partition coefficient (Wildman–Crippen LogP) is 1.10. The van der Waals surface area contributed by atoms with Gasteiger partial charge in [-0.2, -0.15) is 0 Å². The molecule has 3 heterocycles. The van der Waals surface area contributed by atoms with Crippen LogP contribution in [0.2, 0.25) is 0 Å². The van der Waals surface area contributed by atoms with Crippen LogP contribution in [0.1, 0.15) is 23.2 Å². The fourth-order valence-corrected chi connectivity index (χ4v) is 3.34. The summed E-state index contributed by atoms with van der Waals surface area (Å²) in [5, 5.41) is 11.2. The number of carbonyl (C=O) groups is 1. The Balaban J connectivity index is 1.39. The predicted molar refractivity (Wildman–Crippen MR) is 94.4 cm³/mol. The van der Waals surface area contributed by atoms with Crippen LogP contribution < -0.4 is 10.2 Å². The summed E-state index contributed by atoms with van der Waals surface area (Å²) >= 11 is 0. The number of fused-ring (bicyclic) bond motifs is 1. The third-order valence-corrected chi connectivity index (χ3v) is 4.78. The summed E-state index contributed by atoms with van der Waals surface area (Å²) in [5.41, 5.74) is 2.28. The maximum atomic E-state index is 12.5. The molecule has 0 saturated carbocycles. The minimum atomic E-state index is -0.0528. The van der Waals surface area contributed by atoms with Crippen LogP contribution in [-0.4, -0.2) is 49.6 Å². The molecular weight excluding hydrogens is 318 g/mol. The molecule has 0 radical (unpaired) electrons. The molecule has 1 aliphatic heterocycles. The SMILES string of the molecule is Cn1ccnc1N1CCC(NC(=O)c2ccc3c(c2)nnn3C)CC1. The molecule has 0 atom stereocenters. The third kappa shape index (κ3) is 2.95. The molecule has 0 aliphatic carbocycles. The van der Waals surface area contributed by atoms with Crippen molar-refractivity contribution in [3.05, 3.63) is 36.2 Å². The van der Waals surface area contributed by atoms with Gasteiger partial charge in [-0.1, -0.05) is 5.21 Å². The number of nitrogens with one attached hydrogen (secondary N) is 1. The molecular formula is C17H21N7O. The van der Waals surface area contributed by atoms with Crippen LogP contribution >= 0.6 is 0 Å². The van der Waals surface area contributed by atoms with Crippen LogP contribution in [-0.2, 0) is 14.1 Å². The summed E-state index contributed by atoms with van der Waals surface area (Å²) < 4.78 is 3.72. The van der Waals surface area contributed by atoms with Gasteiger partial charge in [-0.3, -0.25) is 4.79 Å². The first-order valence-corrected chi connectivity index (χ1v) is 8.44.